The average molecular weight is 239 g/mol. The Morgan fingerprint density at radius 1 is 1.06 bits per heavy atom. The number of aryl methyl sites for hydroxylation is 1. The van der Waals surface area contributed by atoms with Gasteiger partial charge in [-0.15, -0.1) is 0 Å². The second kappa shape index (κ2) is 4.37. The smallest absolute Gasteiger partial charge is 0.120 e. The zero-order chi connectivity index (χ0) is 12.5. The summed E-state index contributed by atoms with van der Waals surface area (Å²) in [5.41, 5.74) is 10.2. The van der Waals surface area contributed by atoms with Crippen LogP contribution in [-0.2, 0) is 0 Å². The normalized spacial score (nSPS) is 14.5. The average Bonchev–Trinajstić information content (AvgIpc) is 3.17. The Morgan fingerprint density at radius 3 is 2.56 bits per heavy atom. The van der Waals surface area contributed by atoms with E-state index >= 15 is 0 Å². The Morgan fingerprint density at radius 2 is 1.83 bits per heavy atom. The lowest BCUT2D eigenvalue weighted by Gasteiger charge is -2.08. The van der Waals surface area contributed by atoms with Crippen molar-refractivity contribution in [3.63, 3.8) is 0 Å². The van der Waals surface area contributed by atoms with E-state index in [1.807, 2.05) is 25.1 Å². The van der Waals surface area contributed by atoms with Gasteiger partial charge in [-0.05, 0) is 54.7 Å². The Kier molecular flexibility index (Phi) is 2.71. The van der Waals surface area contributed by atoms with Crippen molar-refractivity contribution in [2.45, 2.75) is 25.9 Å². The fraction of sp³-hybridized carbons (Fsp3) is 0.250. The highest BCUT2D eigenvalue weighted by atomic mass is 16.5. The molecule has 1 saturated carbocycles. The number of nitrogen functional groups attached to an aromatic ring is 1. The first kappa shape index (κ1) is 11.1. The summed E-state index contributed by atoms with van der Waals surface area (Å²) in [4.78, 5) is 0. The van der Waals surface area contributed by atoms with E-state index < -0.39 is 0 Å². The van der Waals surface area contributed by atoms with Crippen molar-refractivity contribution in [2.24, 2.45) is 0 Å². The van der Waals surface area contributed by atoms with E-state index in [9.17, 15) is 0 Å². The molecule has 2 heteroatoms. The number of anilines is 1. The minimum Gasteiger partial charge on any atom is -0.490 e. The summed E-state index contributed by atoms with van der Waals surface area (Å²) >= 11 is 0. The van der Waals surface area contributed by atoms with Crippen LogP contribution in [0.4, 0.5) is 5.69 Å². The van der Waals surface area contributed by atoms with Gasteiger partial charge in [0.2, 0.25) is 0 Å². The van der Waals surface area contributed by atoms with Crippen LogP contribution in [0.2, 0.25) is 0 Å². The van der Waals surface area contributed by atoms with Crippen LogP contribution in [0.1, 0.15) is 18.4 Å². The number of hydrogen-bond donors (Lipinski definition) is 1. The molecular weight excluding hydrogens is 222 g/mol. The predicted octanol–water partition coefficient (Wildman–Crippen LogP) is 3.79. The molecule has 0 heterocycles. The Hall–Kier alpha value is -1.96. The topological polar surface area (TPSA) is 35.2 Å². The first-order valence-corrected chi connectivity index (χ1v) is 6.35. The van der Waals surface area contributed by atoms with Crippen molar-refractivity contribution in [3.8, 4) is 16.9 Å². The lowest BCUT2D eigenvalue weighted by atomic mass is 10.0. The molecule has 2 aromatic rings. The molecule has 92 valence electrons. The van der Waals surface area contributed by atoms with Crippen molar-refractivity contribution in [2.75, 3.05) is 5.73 Å². The molecule has 0 spiro atoms. The lowest BCUT2D eigenvalue weighted by molar-refractivity contribution is 0.303. The van der Waals surface area contributed by atoms with Gasteiger partial charge in [-0.1, -0.05) is 24.3 Å². The van der Waals surface area contributed by atoms with Crippen molar-refractivity contribution in [1.29, 1.82) is 0 Å². The molecule has 0 amide bonds. The van der Waals surface area contributed by atoms with Crippen molar-refractivity contribution in [3.05, 3.63) is 48.0 Å². The molecule has 0 saturated heterocycles. The third-order valence-electron chi connectivity index (χ3n) is 3.27. The maximum Gasteiger partial charge on any atom is 0.120 e. The number of nitrogens with two attached hydrogens (primary N) is 1. The first-order chi connectivity index (χ1) is 8.72. The van der Waals surface area contributed by atoms with E-state index in [1.54, 1.807) is 0 Å². The molecule has 1 aliphatic carbocycles. The second-order valence-electron chi connectivity index (χ2n) is 4.92. The summed E-state index contributed by atoms with van der Waals surface area (Å²) in [6.45, 7) is 2.02. The molecule has 1 fully saturated rings. The third kappa shape index (κ3) is 2.33. The van der Waals surface area contributed by atoms with E-state index in [4.69, 9.17) is 10.5 Å². The van der Waals surface area contributed by atoms with E-state index in [0.717, 1.165) is 28.1 Å². The lowest BCUT2D eigenvalue weighted by Crippen LogP contribution is -1.95. The van der Waals surface area contributed by atoms with Crippen molar-refractivity contribution >= 4 is 5.69 Å². The highest BCUT2D eigenvalue weighted by Gasteiger charge is 2.23. The molecule has 2 N–H and O–H groups in total. The van der Waals surface area contributed by atoms with E-state index in [-0.39, 0.29) is 0 Å². The summed E-state index contributed by atoms with van der Waals surface area (Å²) in [5, 5.41) is 0. The van der Waals surface area contributed by atoms with Gasteiger partial charge < -0.3 is 10.5 Å². The Labute approximate surface area is 107 Å². The molecule has 2 aromatic carbocycles. The third-order valence-corrected chi connectivity index (χ3v) is 3.27. The molecule has 0 aliphatic heterocycles. The van der Waals surface area contributed by atoms with Gasteiger partial charge >= 0.3 is 0 Å². The van der Waals surface area contributed by atoms with Gasteiger partial charge in [-0.2, -0.15) is 0 Å². The van der Waals surface area contributed by atoms with E-state index in [0.29, 0.717) is 6.10 Å². The summed E-state index contributed by atoms with van der Waals surface area (Å²) in [6.07, 6.45) is 2.80. The van der Waals surface area contributed by atoms with Gasteiger partial charge in [-0.3, -0.25) is 0 Å². The standard InChI is InChI=1S/C16H17NO/c1-11-5-6-13(10-16(11)17)12-3-2-4-15(9-12)18-14-7-8-14/h2-6,9-10,14H,7-8,17H2,1H3. The Balaban J connectivity index is 1.92. The van der Waals surface area contributed by atoms with E-state index in [2.05, 4.69) is 24.3 Å². The molecule has 18 heavy (non-hydrogen) atoms. The fourth-order valence-corrected chi connectivity index (χ4v) is 1.95. The molecule has 0 bridgehead atoms. The molecule has 1 aliphatic rings. The minimum atomic E-state index is 0.434. The van der Waals surface area contributed by atoms with Crippen LogP contribution in [0.3, 0.4) is 0 Å². The highest BCUT2D eigenvalue weighted by Crippen LogP contribution is 2.30. The Bertz CT molecular complexity index is 573. The highest BCUT2D eigenvalue weighted by molar-refractivity contribution is 5.70. The SMILES string of the molecule is Cc1ccc(-c2cccc(OC3CC3)c2)cc1N. The fourth-order valence-electron chi connectivity index (χ4n) is 1.95. The van der Waals surface area contributed by atoms with Gasteiger partial charge in [0.05, 0.1) is 6.10 Å². The van der Waals surface area contributed by atoms with E-state index in [1.165, 1.54) is 12.8 Å². The minimum absolute atomic E-state index is 0.434. The van der Waals surface area contributed by atoms with Crippen molar-refractivity contribution < 1.29 is 4.74 Å². The first-order valence-electron chi connectivity index (χ1n) is 6.35. The maximum atomic E-state index is 5.96. The number of ether oxygens (including phenoxy) is 1. The molecule has 0 aromatic heterocycles. The molecular formula is C16H17NO. The molecule has 3 rings (SSSR count). The molecule has 0 radical (unpaired) electrons. The van der Waals surface area contributed by atoms with Gasteiger partial charge in [0, 0.05) is 5.69 Å². The zero-order valence-electron chi connectivity index (χ0n) is 10.5. The van der Waals surface area contributed by atoms with Crippen LogP contribution >= 0.6 is 0 Å². The zero-order valence-corrected chi connectivity index (χ0v) is 10.5. The van der Waals surface area contributed by atoms with Gasteiger partial charge in [0.1, 0.15) is 5.75 Å². The molecule has 2 nitrogen and oxygen atoms in total. The second-order valence-corrected chi connectivity index (χ2v) is 4.92. The van der Waals surface area contributed by atoms with Gasteiger partial charge in [-0.25, -0.2) is 0 Å². The predicted molar refractivity (Wildman–Crippen MR) is 74.7 cm³/mol. The largest absolute Gasteiger partial charge is 0.490 e. The summed E-state index contributed by atoms with van der Waals surface area (Å²) in [7, 11) is 0. The van der Waals surface area contributed by atoms with Crippen LogP contribution in [-0.4, -0.2) is 6.10 Å². The summed E-state index contributed by atoms with van der Waals surface area (Å²) in [5.74, 6) is 0.953. The van der Waals surface area contributed by atoms with Crippen LogP contribution in [0.15, 0.2) is 42.5 Å². The quantitative estimate of drug-likeness (QED) is 0.827. The van der Waals surface area contributed by atoms with Crippen LogP contribution in [0, 0.1) is 6.92 Å². The van der Waals surface area contributed by atoms with Crippen LogP contribution in [0.25, 0.3) is 11.1 Å². The van der Waals surface area contributed by atoms with Gasteiger partial charge in [0.15, 0.2) is 0 Å². The molecule has 0 unspecified atom stereocenters. The van der Waals surface area contributed by atoms with Crippen molar-refractivity contribution in [1.82, 2.24) is 0 Å². The summed E-state index contributed by atoms with van der Waals surface area (Å²) in [6, 6.07) is 14.4. The van der Waals surface area contributed by atoms with Gasteiger partial charge in [0.25, 0.3) is 0 Å². The number of rotatable bonds is 3. The maximum absolute atomic E-state index is 5.96. The monoisotopic (exact) mass is 239 g/mol. The van der Waals surface area contributed by atoms with Crippen LogP contribution in [0.5, 0.6) is 5.75 Å². The molecule has 0 atom stereocenters. The number of benzene rings is 2. The summed E-state index contributed by atoms with van der Waals surface area (Å²) < 4.78 is 5.81. The van der Waals surface area contributed by atoms with Crippen LogP contribution < -0.4 is 10.5 Å². The number of hydrogen-bond acceptors (Lipinski definition) is 2.